The Kier molecular flexibility index (Phi) is 4.04. The Hall–Kier alpha value is -1.62. The van der Waals surface area contributed by atoms with Crippen LogP contribution in [-0.2, 0) is 4.74 Å². The van der Waals surface area contributed by atoms with Crippen LogP contribution in [0.3, 0.4) is 0 Å². The Bertz CT molecular complexity index is 464. The molecule has 0 aromatic carbocycles. The summed E-state index contributed by atoms with van der Waals surface area (Å²) in [5, 5.41) is 6.24. The summed E-state index contributed by atoms with van der Waals surface area (Å²) < 4.78 is 5.54. The van der Waals surface area contributed by atoms with Crippen molar-refractivity contribution in [3.63, 3.8) is 0 Å². The third kappa shape index (κ3) is 2.87. The summed E-state index contributed by atoms with van der Waals surface area (Å²) in [5.74, 6) is -0.0850. The molecular weight excluding hydrogens is 242 g/mol. The van der Waals surface area contributed by atoms with Crippen LogP contribution in [0.15, 0.2) is 18.5 Å². The van der Waals surface area contributed by atoms with Gasteiger partial charge in [0.25, 0.3) is 5.91 Å². The zero-order valence-electron chi connectivity index (χ0n) is 11.7. The van der Waals surface area contributed by atoms with E-state index in [4.69, 9.17) is 4.74 Å². The van der Waals surface area contributed by atoms with Crippen molar-refractivity contribution in [1.82, 2.24) is 10.3 Å². The fraction of sp³-hybridized carbons (Fsp3) is 0.571. The van der Waals surface area contributed by atoms with Gasteiger partial charge in [-0.1, -0.05) is 0 Å². The van der Waals surface area contributed by atoms with Gasteiger partial charge in [-0.25, -0.2) is 0 Å². The zero-order valence-corrected chi connectivity index (χ0v) is 11.7. The lowest BCUT2D eigenvalue weighted by Crippen LogP contribution is -2.50. The Morgan fingerprint density at radius 3 is 3.05 bits per heavy atom. The van der Waals surface area contributed by atoms with Crippen LogP contribution in [0, 0.1) is 0 Å². The van der Waals surface area contributed by atoms with E-state index in [9.17, 15) is 4.79 Å². The molecule has 2 atom stereocenters. The van der Waals surface area contributed by atoms with E-state index in [2.05, 4.69) is 15.6 Å². The maximum atomic E-state index is 12.4. The Labute approximate surface area is 113 Å². The quantitative estimate of drug-likeness (QED) is 0.869. The van der Waals surface area contributed by atoms with Crippen molar-refractivity contribution in [2.75, 3.05) is 18.5 Å². The number of nitrogens with one attached hydrogen (secondary N) is 2. The second kappa shape index (κ2) is 5.57. The number of ether oxygens (including phenoxy) is 1. The van der Waals surface area contributed by atoms with E-state index in [0.29, 0.717) is 12.2 Å². The van der Waals surface area contributed by atoms with Crippen LogP contribution in [0.25, 0.3) is 0 Å². The molecule has 1 aliphatic heterocycles. The number of anilines is 1. The molecule has 1 aliphatic rings. The van der Waals surface area contributed by atoms with Gasteiger partial charge in [-0.15, -0.1) is 0 Å². The molecule has 2 rings (SSSR count). The SMILES string of the molecule is CCNc1cnccc1C(=O)NC1(C)CCOC1C. The predicted molar refractivity (Wildman–Crippen MR) is 74.3 cm³/mol. The minimum absolute atomic E-state index is 0.0286. The van der Waals surface area contributed by atoms with E-state index in [1.807, 2.05) is 20.8 Å². The Morgan fingerprint density at radius 2 is 2.42 bits per heavy atom. The summed E-state index contributed by atoms with van der Waals surface area (Å²) in [4.78, 5) is 16.5. The molecule has 5 nitrogen and oxygen atoms in total. The molecule has 1 aromatic rings. The normalized spacial score (nSPS) is 26.2. The van der Waals surface area contributed by atoms with E-state index in [0.717, 1.165) is 18.7 Å². The van der Waals surface area contributed by atoms with Crippen LogP contribution in [0.2, 0.25) is 0 Å². The van der Waals surface area contributed by atoms with Gasteiger partial charge in [0.05, 0.1) is 29.1 Å². The van der Waals surface area contributed by atoms with Crippen LogP contribution in [0.5, 0.6) is 0 Å². The molecule has 1 aromatic heterocycles. The highest BCUT2D eigenvalue weighted by Gasteiger charge is 2.38. The molecule has 2 unspecified atom stereocenters. The number of amides is 1. The van der Waals surface area contributed by atoms with E-state index in [-0.39, 0.29) is 17.6 Å². The lowest BCUT2D eigenvalue weighted by molar-refractivity contribution is 0.0728. The minimum Gasteiger partial charge on any atom is -0.383 e. The van der Waals surface area contributed by atoms with Crippen molar-refractivity contribution >= 4 is 11.6 Å². The molecule has 0 spiro atoms. The Morgan fingerprint density at radius 1 is 1.63 bits per heavy atom. The van der Waals surface area contributed by atoms with Crippen molar-refractivity contribution in [2.45, 2.75) is 38.8 Å². The van der Waals surface area contributed by atoms with Gasteiger partial charge in [0.15, 0.2) is 0 Å². The van der Waals surface area contributed by atoms with Gasteiger partial charge in [0, 0.05) is 19.3 Å². The third-order valence-corrected chi connectivity index (χ3v) is 3.72. The first-order chi connectivity index (χ1) is 9.07. The molecule has 5 heteroatoms. The lowest BCUT2D eigenvalue weighted by Gasteiger charge is -2.29. The maximum Gasteiger partial charge on any atom is 0.254 e. The number of hydrogen-bond donors (Lipinski definition) is 2. The maximum absolute atomic E-state index is 12.4. The van der Waals surface area contributed by atoms with Crippen LogP contribution in [0.4, 0.5) is 5.69 Å². The molecule has 0 radical (unpaired) electrons. The molecule has 1 amide bonds. The minimum atomic E-state index is -0.302. The summed E-state index contributed by atoms with van der Waals surface area (Å²) in [6.45, 7) is 7.45. The van der Waals surface area contributed by atoms with Crippen molar-refractivity contribution in [3.05, 3.63) is 24.0 Å². The highest BCUT2D eigenvalue weighted by atomic mass is 16.5. The topological polar surface area (TPSA) is 63.2 Å². The first kappa shape index (κ1) is 13.8. The fourth-order valence-electron chi connectivity index (χ4n) is 2.25. The molecule has 1 saturated heterocycles. The number of carbonyl (C=O) groups is 1. The zero-order chi connectivity index (χ0) is 13.9. The van der Waals surface area contributed by atoms with Crippen molar-refractivity contribution in [1.29, 1.82) is 0 Å². The van der Waals surface area contributed by atoms with E-state index >= 15 is 0 Å². The first-order valence-corrected chi connectivity index (χ1v) is 6.69. The number of hydrogen-bond acceptors (Lipinski definition) is 4. The fourth-order valence-corrected chi connectivity index (χ4v) is 2.25. The van der Waals surface area contributed by atoms with Crippen LogP contribution in [0.1, 0.15) is 37.6 Å². The van der Waals surface area contributed by atoms with Gasteiger partial charge >= 0.3 is 0 Å². The van der Waals surface area contributed by atoms with E-state index in [1.54, 1.807) is 18.5 Å². The highest BCUT2D eigenvalue weighted by Crippen LogP contribution is 2.26. The molecule has 2 heterocycles. The van der Waals surface area contributed by atoms with E-state index < -0.39 is 0 Å². The van der Waals surface area contributed by atoms with Crippen molar-refractivity contribution in [3.8, 4) is 0 Å². The number of aromatic nitrogens is 1. The number of pyridine rings is 1. The molecule has 0 aliphatic carbocycles. The summed E-state index contributed by atoms with van der Waals surface area (Å²) >= 11 is 0. The average Bonchev–Trinajstić information content (AvgIpc) is 2.70. The van der Waals surface area contributed by atoms with Gasteiger partial charge in [-0.2, -0.15) is 0 Å². The Balaban J connectivity index is 2.16. The highest BCUT2D eigenvalue weighted by molar-refractivity contribution is 5.99. The smallest absolute Gasteiger partial charge is 0.254 e. The lowest BCUT2D eigenvalue weighted by atomic mass is 9.94. The first-order valence-electron chi connectivity index (χ1n) is 6.69. The molecule has 0 saturated carbocycles. The van der Waals surface area contributed by atoms with Crippen molar-refractivity contribution < 1.29 is 9.53 Å². The van der Waals surface area contributed by atoms with Gasteiger partial charge in [-0.3, -0.25) is 9.78 Å². The summed E-state index contributed by atoms with van der Waals surface area (Å²) in [7, 11) is 0. The van der Waals surface area contributed by atoms with Gasteiger partial charge in [0.2, 0.25) is 0 Å². The molecule has 104 valence electrons. The standard InChI is InChI=1S/C14H21N3O2/c1-4-16-12-9-15-7-5-11(12)13(18)17-14(3)6-8-19-10(14)2/h5,7,9-10,16H,4,6,8H2,1-3H3,(H,17,18). The van der Waals surface area contributed by atoms with Crippen LogP contribution >= 0.6 is 0 Å². The van der Waals surface area contributed by atoms with Gasteiger partial charge in [-0.05, 0) is 33.3 Å². The summed E-state index contributed by atoms with van der Waals surface area (Å²) in [6, 6.07) is 1.73. The number of nitrogens with zero attached hydrogens (tertiary/aromatic N) is 1. The predicted octanol–water partition coefficient (Wildman–Crippen LogP) is 1.81. The van der Waals surface area contributed by atoms with Gasteiger partial charge in [0.1, 0.15) is 0 Å². The van der Waals surface area contributed by atoms with Gasteiger partial charge < -0.3 is 15.4 Å². The second-order valence-corrected chi connectivity index (χ2v) is 5.09. The van der Waals surface area contributed by atoms with Crippen LogP contribution < -0.4 is 10.6 Å². The summed E-state index contributed by atoms with van der Waals surface area (Å²) in [6.07, 6.45) is 4.17. The largest absolute Gasteiger partial charge is 0.383 e. The van der Waals surface area contributed by atoms with Crippen molar-refractivity contribution in [2.24, 2.45) is 0 Å². The molecule has 1 fully saturated rings. The second-order valence-electron chi connectivity index (χ2n) is 5.09. The molecule has 2 N–H and O–H groups in total. The average molecular weight is 263 g/mol. The molecule has 19 heavy (non-hydrogen) atoms. The molecular formula is C14H21N3O2. The monoisotopic (exact) mass is 263 g/mol. The van der Waals surface area contributed by atoms with E-state index in [1.165, 1.54) is 0 Å². The number of carbonyl (C=O) groups excluding carboxylic acids is 1. The summed E-state index contributed by atoms with van der Waals surface area (Å²) in [5.41, 5.74) is 1.08. The number of rotatable bonds is 4. The third-order valence-electron chi connectivity index (χ3n) is 3.72. The van der Waals surface area contributed by atoms with Crippen LogP contribution in [-0.4, -0.2) is 35.7 Å². The molecule has 0 bridgehead atoms.